The zero-order valence-electron chi connectivity index (χ0n) is 39.6. The molecular weight excluding hydrogens is 979 g/mol. The second-order valence-electron chi connectivity index (χ2n) is 19.9. The maximum atomic E-state index is 13.9. The molecule has 0 aromatic heterocycles. The highest BCUT2D eigenvalue weighted by Crippen LogP contribution is 2.51. The lowest BCUT2D eigenvalue weighted by Gasteiger charge is -2.44. The van der Waals surface area contributed by atoms with Crippen LogP contribution < -0.4 is 26.4 Å². The third-order valence-corrected chi connectivity index (χ3v) is 14.4. The van der Waals surface area contributed by atoms with Gasteiger partial charge < -0.3 is 40.5 Å². The highest BCUT2D eigenvalue weighted by atomic mass is 79.9. The maximum absolute atomic E-state index is 13.9. The van der Waals surface area contributed by atoms with Crippen LogP contribution in [-0.4, -0.2) is 101 Å². The van der Waals surface area contributed by atoms with Crippen molar-refractivity contribution >= 4 is 52.2 Å². The molecule has 6 heterocycles. The van der Waals surface area contributed by atoms with Gasteiger partial charge in [-0.1, -0.05) is 22.0 Å². The fourth-order valence-electron chi connectivity index (χ4n) is 10.5. The van der Waals surface area contributed by atoms with Gasteiger partial charge in [0.1, 0.15) is 47.0 Å². The Morgan fingerprint density at radius 3 is 1.47 bits per heavy atom. The second-order valence-corrected chi connectivity index (χ2v) is 20.8. The Kier molecular flexibility index (Phi) is 14.0. The summed E-state index contributed by atoms with van der Waals surface area (Å²) in [5.41, 5.74) is 11.5. The average molecular weight is 1040 g/mol. The van der Waals surface area contributed by atoms with E-state index in [0.29, 0.717) is 66.2 Å². The smallest absolute Gasteiger partial charge is 0.488 e. The van der Waals surface area contributed by atoms with E-state index in [9.17, 15) is 27.2 Å². The summed E-state index contributed by atoms with van der Waals surface area (Å²) in [6.45, 7) is 9.65. The Morgan fingerprint density at radius 2 is 1.06 bits per heavy atom. The van der Waals surface area contributed by atoms with E-state index in [1.54, 1.807) is 32.3 Å². The van der Waals surface area contributed by atoms with E-state index in [0.717, 1.165) is 53.9 Å². The Balaban J connectivity index is 0.000000158. The fourth-order valence-corrected chi connectivity index (χ4v) is 10.8. The number of aliphatic imine (C=N–C) groups is 2. The zero-order chi connectivity index (χ0) is 50.7. The summed E-state index contributed by atoms with van der Waals surface area (Å²) in [4.78, 5) is 38.7. The van der Waals surface area contributed by atoms with Crippen molar-refractivity contribution in [1.82, 2.24) is 9.80 Å². The molecule has 6 aliphatic rings. The van der Waals surface area contributed by atoms with Gasteiger partial charge in [0.2, 0.25) is 0 Å². The SMILES string of the molecule is CN1C(=O)C2(CC(C3CCOC(C)(C)C3)Oc3ccc(-c4cc(F)cc(F)c4)cc32)N=C1N.CN1C(=O)C2(CC(C3CCOC(C)(C)C3)Oc3ccc(Br)cc32)N=C1N.OB(O)c1cc(F)cc(F)c1. The number of guanidine groups is 2. The number of benzene rings is 4. The molecule has 2 spiro atoms. The number of ether oxygens (including phenoxy) is 4. The van der Waals surface area contributed by atoms with Crippen LogP contribution in [0.1, 0.15) is 77.3 Å². The van der Waals surface area contributed by atoms with Crippen molar-refractivity contribution in [3.63, 3.8) is 0 Å². The van der Waals surface area contributed by atoms with E-state index < -0.39 is 41.5 Å². The summed E-state index contributed by atoms with van der Waals surface area (Å²) in [7, 11) is 1.44. The molecule has 0 aliphatic carbocycles. The number of likely N-dealkylation sites (N-methyl/N-ethyl adjacent to an activating group) is 2. The molecule has 0 saturated carbocycles. The quantitative estimate of drug-likeness (QED) is 0.131. The summed E-state index contributed by atoms with van der Waals surface area (Å²) in [5.74, 6) is -1.17. The predicted octanol–water partition coefficient (Wildman–Crippen LogP) is 6.40. The summed E-state index contributed by atoms with van der Waals surface area (Å²) >= 11 is 3.50. The van der Waals surface area contributed by atoms with E-state index in [2.05, 4.69) is 53.6 Å². The normalized spacial score (nSPS) is 27.2. The molecule has 6 unspecified atom stereocenters. The number of nitrogens with two attached hydrogens (primary N) is 2. The molecule has 0 bridgehead atoms. The number of halogens is 5. The number of hydrogen-bond acceptors (Lipinski definition) is 12. The Morgan fingerprint density at radius 1 is 0.629 bits per heavy atom. The number of amides is 2. The molecule has 2 fully saturated rings. The summed E-state index contributed by atoms with van der Waals surface area (Å²) in [5, 5.41) is 17.0. The average Bonchev–Trinajstić information content (AvgIpc) is 3.63. The van der Waals surface area contributed by atoms with Gasteiger partial charge in [0, 0.05) is 79.7 Å². The van der Waals surface area contributed by atoms with Crippen LogP contribution in [0.5, 0.6) is 11.5 Å². The molecule has 4 aromatic rings. The Hall–Kier alpha value is -5.54. The predicted molar refractivity (Wildman–Crippen MR) is 258 cm³/mol. The van der Waals surface area contributed by atoms with Gasteiger partial charge in [0.25, 0.3) is 11.8 Å². The van der Waals surface area contributed by atoms with Gasteiger partial charge in [0.15, 0.2) is 23.0 Å². The number of hydrogen-bond donors (Lipinski definition) is 4. The van der Waals surface area contributed by atoms with Crippen molar-refractivity contribution in [3.05, 3.63) is 112 Å². The molecule has 70 heavy (non-hydrogen) atoms. The topological polar surface area (TPSA) is 195 Å². The van der Waals surface area contributed by atoms with Gasteiger partial charge in [-0.05, 0) is 125 Å². The first kappa shape index (κ1) is 50.8. The van der Waals surface area contributed by atoms with E-state index in [-0.39, 0.29) is 58.5 Å². The van der Waals surface area contributed by atoms with Gasteiger partial charge in [-0.3, -0.25) is 19.4 Å². The number of fused-ring (bicyclic) bond motifs is 4. The number of nitrogens with zero attached hydrogens (tertiary/aromatic N) is 4. The van der Waals surface area contributed by atoms with Crippen molar-refractivity contribution in [1.29, 1.82) is 0 Å². The Bertz CT molecular complexity index is 2730. The number of rotatable bonds is 4. The minimum atomic E-state index is -1.83. The van der Waals surface area contributed by atoms with Crippen LogP contribution in [0.4, 0.5) is 17.6 Å². The van der Waals surface area contributed by atoms with Crippen LogP contribution in [0.15, 0.2) is 87.3 Å². The fraction of sp³-hybridized carbons (Fsp3) is 0.440. The first-order valence-corrected chi connectivity index (χ1v) is 23.8. The first-order valence-electron chi connectivity index (χ1n) is 23.0. The zero-order valence-corrected chi connectivity index (χ0v) is 41.2. The maximum Gasteiger partial charge on any atom is 0.488 e. The monoisotopic (exact) mass is 1030 g/mol. The van der Waals surface area contributed by atoms with Crippen molar-refractivity contribution in [2.75, 3.05) is 27.3 Å². The number of carbonyl (C=O) groups is 2. The molecule has 6 atom stereocenters. The van der Waals surface area contributed by atoms with Crippen molar-refractivity contribution in [2.45, 2.75) is 101 Å². The van der Waals surface area contributed by atoms with Crippen molar-refractivity contribution in [3.8, 4) is 22.6 Å². The molecule has 20 heteroatoms. The van der Waals surface area contributed by atoms with Gasteiger partial charge in [0.05, 0.1) is 11.2 Å². The standard InChI is InChI=1S/C25H27F2N3O3.C19H24BrN3O3.C6H5BF2O2/c1-24(2)12-15(6-7-32-24)21-13-25(22(31)30(3)23(28)29-25)19-10-14(4-5-20(19)33-21)16-8-17(26)11-18(27)9-16;1-18(2)9-11(6-7-25-18)15-10-19(16(24)23(3)17(21)22-19)13-8-12(20)4-5-14(13)26-15;8-5-1-4(7(10)11)2-6(9)3-5/h4-5,8-11,15,21H,6-7,12-13H2,1-3H3,(H2,28,29);4-5,8,11,15H,6-7,9-10H2,1-3H3,(H2,21,22);1-3,10-11H. The second kappa shape index (κ2) is 19.2. The lowest BCUT2D eigenvalue weighted by molar-refractivity contribution is -0.135. The van der Waals surface area contributed by atoms with Crippen LogP contribution in [0, 0.1) is 35.1 Å². The minimum absolute atomic E-state index is 0.0889. The largest absolute Gasteiger partial charge is 0.490 e. The molecule has 0 radical (unpaired) electrons. The molecule has 10 rings (SSSR count). The van der Waals surface area contributed by atoms with Crippen LogP contribution in [0.25, 0.3) is 11.1 Å². The Labute approximate surface area is 412 Å². The lowest BCUT2D eigenvalue weighted by Crippen LogP contribution is -2.49. The van der Waals surface area contributed by atoms with Crippen LogP contribution in [0.2, 0.25) is 0 Å². The van der Waals surface area contributed by atoms with Crippen LogP contribution in [-0.2, 0) is 30.1 Å². The van der Waals surface area contributed by atoms with E-state index in [4.69, 9.17) is 40.5 Å². The molecule has 4 aromatic carbocycles. The summed E-state index contributed by atoms with van der Waals surface area (Å²) in [6.07, 6.45) is 3.93. The van der Waals surface area contributed by atoms with Crippen molar-refractivity contribution in [2.24, 2.45) is 33.3 Å². The van der Waals surface area contributed by atoms with Gasteiger partial charge in [-0.25, -0.2) is 27.5 Å². The molecule has 372 valence electrons. The molecule has 6 aliphatic heterocycles. The third-order valence-electron chi connectivity index (χ3n) is 13.9. The van der Waals surface area contributed by atoms with Gasteiger partial charge in [-0.15, -0.1) is 0 Å². The molecular formula is C50H56BBrF4N6O8. The van der Waals surface area contributed by atoms with E-state index in [1.807, 2.05) is 18.2 Å². The van der Waals surface area contributed by atoms with Crippen LogP contribution in [0.3, 0.4) is 0 Å². The highest BCUT2D eigenvalue weighted by molar-refractivity contribution is 9.10. The van der Waals surface area contributed by atoms with E-state index >= 15 is 0 Å². The van der Waals surface area contributed by atoms with E-state index in [1.165, 1.54) is 21.9 Å². The highest BCUT2D eigenvalue weighted by Gasteiger charge is 2.57. The molecule has 2 amide bonds. The molecule has 6 N–H and O–H groups in total. The summed E-state index contributed by atoms with van der Waals surface area (Å²) in [6, 6.07) is 16.7. The molecule has 14 nitrogen and oxygen atoms in total. The lowest BCUT2D eigenvalue weighted by atomic mass is 9.74. The molecule has 2 saturated heterocycles. The minimum Gasteiger partial charge on any atom is -0.490 e. The van der Waals surface area contributed by atoms with Gasteiger partial charge >= 0.3 is 7.12 Å². The van der Waals surface area contributed by atoms with Gasteiger partial charge in [-0.2, -0.15) is 0 Å². The number of carbonyl (C=O) groups excluding carboxylic acids is 2. The van der Waals surface area contributed by atoms with Crippen LogP contribution >= 0.6 is 15.9 Å². The third kappa shape index (κ3) is 10.2. The first-order chi connectivity index (χ1) is 32.9. The summed E-state index contributed by atoms with van der Waals surface area (Å²) < 4.78 is 77.8. The van der Waals surface area contributed by atoms with Crippen molar-refractivity contribution < 1.29 is 56.1 Å².